The van der Waals surface area contributed by atoms with E-state index < -0.39 is 0 Å². The van der Waals surface area contributed by atoms with Gasteiger partial charge in [0.25, 0.3) is 0 Å². The van der Waals surface area contributed by atoms with Crippen LogP contribution in [-0.4, -0.2) is 25.8 Å². The first-order valence-electron chi connectivity index (χ1n) is 7.34. The fourth-order valence-electron chi connectivity index (χ4n) is 2.19. The number of benzene rings is 1. The number of rotatable bonds is 7. The molecular weight excluding hydrogens is 326 g/mol. The Morgan fingerprint density at radius 1 is 1.35 bits per heavy atom. The molecule has 6 heteroatoms. The van der Waals surface area contributed by atoms with Gasteiger partial charge in [0.1, 0.15) is 17.6 Å². The summed E-state index contributed by atoms with van der Waals surface area (Å²) in [6.45, 7) is 1.65. The second-order valence-electron chi connectivity index (χ2n) is 5.31. The Bertz CT molecular complexity index is 689. The fraction of sp³-hybridized carbons (Fsp3) is 0.294. The summed E-state index contributed by atoms with van der Waals surface area (Å²) in [5.74, 6) is -0.0407. The third kappa shape index (κ3) is 5.39. The van der Waals surface area contributed by atoms with Crippen molar-refractivity contribution in [1.82, 2.24) is 0 Å². The van der Waals surface area contributed by atoms with E-state index in [0.29, 0.717) is 17.0 Å². The first-order chi connectivity index (χ1) is 11.1. The molecule has 0 aliphatic carbocycles. The number of nitrogens with one attached hydrogen (secondary N) is 2. The number of nitrogens with zero attached hydrogens (tertiary/aromatic N) is 1. The number of thioether (sulfide) groups is 1. The Kier molecular flexibility index (Phi) is 6.66. The summed E-state index contributed by atoms with van der Waals surface area (Å²) in [5.41, 5.74) is 1.80. The van der Waals surface area contributed by atoms with Crippen LogP contribution in [0.2, 0.25) is 0 Å². The van der Waals surface area contributed by atoms with Crippen molar-refractivity contribution in [2.75, 3.05) is 25.2 Å². The molecule has 1 heterocycles. The molecule has 0 saturated carbocycles. The van der Waals surface area contributed by atoms with Crippen LogP contribution >= 0.6 is 23.1 Å². The molecule has 1 amide bonds. The van der Waals surface area contributed by atoms with Gasteiger partial charge in [-0.1, -0.05) is 12.1 Å². The minimum absolute atomic E-state index is 0.0407. The number of amides is 1. The minimum atomic E-state index is -0.0407. The summed E-state index contributed by atoms with van der Waals surface area (Å²) in [6.07, 6.45) is 2.51. The zero-order valence-electron chi connectivity index (χ0n) is 13.3. The van der Waals surface area contributed by atoms with Crippen molar-refractivity contribution in [3.05, 3.63) is 46.8 Å². The van der Waals surface area contributed by atoms with Gasteiger partial charge >= 0.3 is 0 Å². The van der Waals surface area contributed by atoms with Gasteiger partial charge in [-0.25, -0.2) is 0 Å². The molecule has 120 valence electrons. The van der Waals surface area contributed by atoms with Crippen molar-refractivity contribution in [2.24, 2.45) is 0 Å². The SMILES string of the molecule is CSc1ccc(C[NH+](C)CCC(=O)Nc2sccc2C#N)cc1. The van der Waals surface area contributed by atoms with Crippen LogP contribution in [0.3, 0.4) is 0 Å². The number of carbonyl (C=O) groups is 1. The van der Waals surface area contributed by atoms with Crippen LogP contribution in [0.4, 0.5) is 5.00 Å². The normalized spacial score (nSPS) is 11.7. The van der Waals surface area contributed by atoms with Gasteiger partial charge in [0.15, 0.2) is 0 Å². The number of anilines is 1. The lowest BCUT2D eigenvalue weighted by Gasteiger charge is -2.14. The molecule has 0 radical (unpaired) electrons. The summed E-state index contributed by atoms with van der Waals surface area (Å²) in [5, 5.41) is 14.2. The number of hydrogen-bond donors (Lipinski definition) is 2. The van der Waals surface area contributed by atoms with E-state index in [1.54, 1.807) is 17.8 Å². The maximum atomic E-state index is 12.0. The molecule has 2 rings (SSSR count). The van der Waals surface area contributed by atoms with Gasteiger partial charge in [-0.05, 0) is 29.8 Å². The smallest absolute Gasteiger partial charge is 0.230 e. The highest BCUT2D eigenvalue weighted by Crippen LogP contribution is 2.22. The lowest BCUT2D eigenvalue weighted by molar-refractivity contribution is -0.893. The molecule has 1 unspecified atom stereocenters. The largest absolute Gasteiger partial charge is 0.333 e. The topological polar surface area (TPSA) is 57.3 Å². The lowest BCUT2D eigenvalue weighted by Crippen LogP contribution is -3.07. The summed E-state index contributed by atoms with van der Waals surface area (Å²) < 4.78 is 0. The van der Waals surface area contributed by atoms with Crippen LogP contribution < -0.4 is 10.2 Å². The molecule has 1 aromatic heterocycles. The van der Waals surface area contributed by atoms with E-state index in [0.717, 1.165) is 13.1 Å². The third-order valence-corrected chi connectivity index (χ3v) is 5.06. The van der Waals surface area contributed by atoms with E-state index in [1.165, 1.54) is 26.7 Å². The minimum Gasteiger partial charge on any atom is -0.333 e. The average molecular weight is 347 g/mol. The van der Waals surface area contributed by atoms with Crippen LogP contribution in [0.1, 0.15) is 17.5 Å². The molecule has 1 atom stereocenters. The number of quaternary nitrogens is 1. The highest BCUT2D eigenvalue weighted by atomic mass is 32.2. The highest BCUT2D eigenvalue weighted by molar-refractivity contribution is 7.98. The van der Waals surface area contributed by atoms with Crippen LogP contribution in [0, 0.1) is 11.3 Å². The zero-order valence-corrected chi connectivity index (χ0v) is 14.9. The monoisotopic (exact) mass is 346 g/mol. The van der Waals surface area contributed by atoms with Crippen molar-refractivity contribution in [1.29, 1.82) is 5.26 Å². The van der Waals surface area contributed by atoms with Crippen LogP contribution in [-0.2, 0) is 11.3 Å². The van der Waals surface area contributed by atoms with Crippen molar-refractivity contribution in [2.45, 2.75) is 17.9 Å². The second kappa shape index (κ2) is 8.73. The Balaban J connectivity index is 1.78. The average Bonchev–Trinajstić information content (AvgIpc) is 3.01. The maximum absolute atomic E-state index is 12.0. The van der Waals surface area contributed by atoms with E-state index in [-0.39, 0.29) is 5.91 Å². The van der Waals surface area contributed by atoms with Gasteiger partial charge < -0.3 is 10.2 Å². The van der Waals surface area contributed by atoms with Crippen molar-refractivity contribution < 1.29 is 9.69 Å². The second-order valence-corrected chi connectivity index (χ2v) is 7.10. The van der Waals surface area contributed by atoms with Crippen LogP contribution in [0.5, 0.6) is 0 Å². The third-order valence-electron chi connectivity index (χ3n) is 3.48. The van der Waals surface area contributed by atoms with Crippen molar-refractivity contribution >= 4 is 34.0 Å². The summed E-state index contributed by atoms with van der Waals surface area (Å²) in [6, 6.07) is 12.3. The Morgan fingerprint density at radius 2 is 2.09 bits per heavy atom. The predicted octanol–water partition coefficient (Wildman–Crippen LogP) is 2.39. The molecule has 0 aliphatic rings. The van der Waals surface area contributed by atoms with E-state index in [1.807, 2.05) is 5.38 Å². The summed E-state index contributed by atoms with van der Waals surface area (Å²) in [4.78, 5) is 14.5. The van der Waals surface area contributed by atoms with Gasteiger partial charge in [0.05, 0.1) is 25.6 Å². The molecule has 0 saturated heterocycles. The molecule has 2 aromatic rings. The van der Waals surface area contributed by atoms with Crippen LogP contribution in [0.15, 0.2) is 40.6 Å². The lowest BCUT2D eigenvalue weighted by atomic mass is 10.2. The fourth-order valence-corrected chi connectivity index (χ4v) is 3.35. The molecular formula is C17H20N3OS2+. The predicted molar refractivity (Wildman–Crippen MR) is 96.0 cm³/mol. The number of hydrogen-bond acceptors (Lipinski definition) is 4. The van der Waals surface area contributed by atoms with Crippen molar-refractivity contribution in [3.63, 3.8) is 0 Å². The number of thiophene rings is 1. The standard InChI is InChI=1S/C17H19N3OS2/c1-20(12-13-3-5-15(22-2)6-4-13)9-7-16(21)19-17-14(11-18)8-10-23-17/h3-6,8,10H,7,9,12H2,1-2H3,(H,19,21)/p+1. The highest BCUT2D eigenvalue weighted by Gasteiger charge is 2.11. The molecule has 23 heavy (non-hydrogen) atoms. The van der Waals surface area contributed by atoms with Gasteiger partial charge in [0, 0.05) is 10.5 Å². The molecule has 0 spiro atoms. The Hall–Kier alpha value is -1.81. The summed E-state index contributed by atoms with van der Waals surface area (Å²) >= 11 is 3.11. The number of nitriles is 1. The molecule has 0 bridgehead atoms. The molecule has 0 fully saturated rings. The van der Waals surface area contributed by atoms with Gasteiger partial charge in [-0.2, -0.15) is 5.26 Å². The maximum Gasteiger partial charge on any atom is 0.230 e. The first kappa shape index (κ1) is 17.5. The van der Waals surface area contributed by atoms with Gasteiger partial charge in [-0.3, -0.25) is 4.79 Å². The molecule has 2 N–H and O–H groups in total. The van der Waals surface area contributed by atoms with Gasteiger partial charge in [-0.15, -0.1) is 23.1 Å². The van der Waals surface area contributed by atoms with Gasteiger partial charge in [0.2, 0.25) is 5.91 Å². The quantitative estimate of drug-likeness (QED) is 0.757. The zero-order chi connectivity index (χ0) is 16.7. The molecule has 0 aliphatic heterocycles. The number of carbonyl (C=O) groups excluding carboxylic acids is 1. The molecule has 1 aromatic carbocycles. The van der Waals surface area contributed by atoms with E-state index in [9.17, 15) is 4.79 Å². The van der Waals surface area contributed by atoms with E-state index in [4.69, 9.17) is 5.26 Å². The molecule has 4 nitrogen and oxygen atoms in total. The van der Waals surface area contributed by atoms with E-state index in [2.05, 4.69) is 49.0 Å². The Labute approximate surface area is 145 Å². The summed E-state index contributed by atoms with van der Waals surface area (Å²) in [7, 11) is 2.08. The van der Waals surface area contributed by atoms with Crippen molar-refractivity contribution in [3.8, 4) is 6.07 Å². The Morgan fingerprint density at radius 3 is 2.74 bits per heavy atom. The van der Waals surface area contributed by atoms with E-state index >= 15 is 0 Å². The first-order valence-corrected chi connectivity index (χ1v) is 9.44. The van der Waals surface area contributed by atoms with Crippen LogP contribution in [0.25, 0.3) is 0 Å².